The summed E-state index contributed by atoms with van der Waals surface area (Å²) in [5, 5.41) is 12.6. The number of hydrogen-bond acceptors (Lipinski definition) is 3. The van der Waals surface area contributed by atoms with Crippen LogP contribution in [-0.2, 0) is 0 Å². The fourth-order valence-electron chi connectivity index (χ4n) is 2.25. The van der Waals surface area contributed by atoms with Gasteiger partial charge in [0.1, 0.15) is 0 Å². The summed E-state index contributed by atoms with van der Waals surface area (Å²) >= 11 is 0. The van der Waals surface area contributed by atoms with Crippen LogP contribution in [0.15, 0.2) is 0 Å². The molecule has 0 radical (unpaired) electrons. The molecule has 1 aliphatic rings. The maximum Gasteiger partial charge on any atom is 0.0587 e. The molecule has 1 saturated heterocycles. The average Bonchev–Trinajstić information content (AvgIpc) is 2.58. The number of hydrogen-bond donors (Lipinski definition) is 2. The molecule has 0 aromatic rings. The molecule has 3 heteroatoms. The van der Waals surface area contributed by atoms with E-state index in [2.05, 4.69) is 31.1 Å². The summed E-state index contributed by atoms with van der Waals surface area (Å²) in [6.07, 6.45) is 2.58. The van der Waals surface area contributed by atoms with E-state index in [9.17, 15) is 0 Å². The number of aliphatic hydroxyl groups is 1. The average molecular weight is 214 g/mol. The van der Waals surface area contributed by atoms with Crippen molar-refractivity contribution in [3.05, 3.63) is 0 Å². The van der Waals surface area contributed by atoms with Crippen LogP contribution in [0, 0.1) is 11.8 Å². The van der Waals surface area contributed by atoms with Gasteiger partial charge in [0.05, 0.1) is 6.61 Å². The zero-order valence-electron chi connectivity index (χ0n) is 10.4. The first-order chi connectivity index (χ1) is 7.13. The van der Waals surface area contributed by atoms with E-state index in [0.717, 1.165) is 12.5 Å². The van der Waals surface area contributed by atoms with E-state index in [1.165, 1.54) is 25.9 Å². The Balaban J connectivity index is 2.10. The van der Waals surface area contributed by atoms with Gasteiger partial charge >= 0.3 is 0 Å². The first-order valence-corrected chi connectivity index (χ1v) is 6.16. The topological polar surface area (TPSA) is 35.5 Å². The maximum absolute atomic E-state index is 9.16. The van der Waals surface area contributed by atoms with Crippen molar-refractivity contribution in [1.29, 1.82) is 0 Å². The monoisotopic (exact) mass is 214 g/mol. The second kappa shape index (κ2) is 6.46. The molecule has 1 heterocycles. The van der Waals surface area contributed by atoms with E-state index >= 15 is 0 Å². The third-order valence-corrected chi connectivity index (χ3v) is 3.45. The Morgan fingerprint density at radius 1 is 1.47 bits per heavy atom. The van der Waals surface area contributed by atoms with Crippen molar-refractivity contribution >= 4 is 0 Å². The molecule has 1 aliphatic heterocycles. The number of nitrogens with zero attached hydrogens (tertiary/aromatic N) is 1. The summed E-state index contributed by atoms with van der Waals surface area (Å²) in [6, 6.07) is 0.268. The Hall–Kier alpha value is -0.120. The summed E-state index contributed by atoms with van der Waals surface area (Å²) in [5.74, 6) is 1.37. The Labute approximate surface area is 93.9 Å². The minimum absolute atomic E-state index is 0.252. The van der Waals surface area contributed by atoms with Crippen molar-refractivity contribution in [2.24, 2.45) is 11.8 Å². The molecule has 3 nitrogen and oxygen atoms in total. The van der Waals surface area contributed by atoms with Gasteiger partial charge in [-0.05, 0) is 44.8 Å². The van der Waals surface area contributed by atoms with Crippen LogP contribution in [0.1, 0.15) is 26.7 Å². The lowest BCUT2D eigenvalue weighted by Crippen LogP contribution is -2.38. The van der Waals surface area contributed by atoms with E-state index in [1.807, 2.05) is 0 Å². The molecule has 0 bridgehead atoms. The lowest BCUT2D eigenvalue weighted by Gasteiger charge is -2.21. The molecule has 2 atom stereocenters. The molecular weight excluding hydrogens is 188 g/mol. The molecule has 90 valence electrons. The van der Waals surface area contributed by atoms with Crippen LogP contribution in [0.2, 0.25) is 0 Å². The van der Waals surface area contributed by atoms with Crippen molar-refractivity contribution in [2.45, 2.75) is 32.7 Å². The smallest absolute Gasteiger partial charge is 0.0587 e. The zero-order chi connectivity index (χ0) is 11.3. The third kappa shape index (κ3) is 4.49. The zero-order valence-corrected chi connectivity index (χ0v) is 10.4. The van der Waals surface area contributed by atoms with Crippen molar-refractivity contribution in [3.63, 3.8) is 0 Å². The number of likely N-dealkylation sites (tertiary alicyclic amines) is 1. The van der Waals surface area contributed by atoms with Gasteiger partial charge in [-0.3, -0.25) is 0 Å². The minimum Gasteiger partial charge on any atom is -0.395 e. The number of nitrogens with one attached hydrogen (secondary N) is 1. The molecule has 0 aromatic heterocycles. The van der Waals surface area contributed by atoms with Crippen LogP contribution in [0.25, 0.3) is 0 Å². The molecular formula is C12H26N2O. The third-order valence-electron chi connectivity index (χ3n) is 3.45. The van der Waals surface area contributed by atoms with Gasteiger partial charge in [0.25, 0.3) is 0 Å². The Morgan fingerprint density at radius 3 is 2.67 bits per heavy atom. The highest BCUT2D eigenvalue weighted by atomic mass is 16.3. The van der Waals surface area contributed by atoms with E-state index in [4.69, 9.17) is 5.11 Å². The highest BCUT2D eigenvalue weighted by Crippen LogP contribution is 2.17. The standard InChI is InChI=1S/C12H26N2O/c1-10(2)12(9-15)13-6-4-11-5-7-14(3)8-11/h10-13,15H,4-9H2,1-3H3. The highest BCUT2D eigenvalue weighted by Gasteiger charge is 2.19. The van der Waals surface area contributed by atoms with Crippen LogP contribution in [0.4, 0.5) is 0 Å². The lowest BCUT2D eigenvalue weighted by molar-refractivity contribution is 0.209. The van der Waals surface area contributed by atoms with Crippen LogP contribution in [0.3, 0.4) is 0 Å². The normalized spacial score (nSPS) is 25.0. The van der Waals surface area contributed by atoms with E-state index < -0.39 is 0 Å². The van der Waals surface area contributed by atoms with E-state index in [0.29, 0.717) is 5.92 Å². The van der Waals surface area contributed by atoms with E-state index in [-0.39, 0.29) is 12.6 Å². The summed E-state index contributed by atoms with van der Waals surface area (Å²) < 4.78 is 0. The Bertz CT molecular complexity index is 173. The molecule has 0 saturated carbocycles. The summed E-state index contributed by atoms with van der Waals surface area (Å²) in [7, 11) is 2.19. The fraction of sp³-hybridized carbons (Fsp3) is 1.00. The predicted octanol–water partition coefficient (Wildman–Crippen LogP) is 0.935. The molecule has 0 aliphatic carbocycles. The minimum atomic E-state index is 0.252. The molecule has 0 spiro atoms. The second-order valence-electron chi connectivity index (χ2n) is 5.19. The van der Waals surface area contributed by atoms with Crippen LogP contribution in [-0.4, -0.2) is 49.3 Å². The van der Waals surface area contributed by atoms with Crippen molar-refractivity contribution in [3.8, 4) is 0 Å². The van der Waals surface area contributed by atoms with Gasteiger partial charge in [-0.1, -0.05) is 13.8 Å². The van der Waals surface area contributed by atoms with Gasteiger partial charge in [-0.2, -0.15) is 0 Å². The number of aliphatic hydroxyl groups excluding tert-OH is 1. The fourth-order valence-corrected chi connectivity index (χ4v) is 2.25. The molecule has 0 amide bonds. The summed E-state index contributed by atoms with van der Waals surface area (Å²) in [4.78, 5) is 2.40. The quantitative estimate of drug-likeness (QED) is 0.690. The first-order valence-electron chi connectivity index (χ1n) is 6.16. The van der Waals surface area contributed by atoms with Gasteiger partial charge in [0.15, 0.2) is 0 Å². The Morgan fingerprint density at radius 2 is 2.20 bits per heavy atom. The molecule has 2 N–H and O–H groups in total. The summed E-state index contributed by atoms with van der Waals surface area (Å²) in [6.45, 7) is 8.09. The first kappa shape index (κ1) is 12.9. The second-order valence-corrected chi connectivity index (χ2v) is 5.19. The van der Waals surface area contributed by atoms with Crippen molar-refractivity contribution < 1.29 is 5.11 Å². The largest absolute Gasteiger partial charge is 0.395 e. The molecule has 15 heavy (non-hydrogen) atoms. The molecule has 1 fully saturated rings. The van der Waals surface area contributed by atoms with Gasteiger partial charge < -0.3 is 15.3 Å². The van der Waals surface area contributed by atoms with Crippen LogP contribution in [0.5, 0.6) is 0 Å². The van der Waals surface area contributed by atoms with E-state index in [1.54, 1.807) is 0 Å². The van der Waals surface area contributed by atoms with Gasteiger partial charge in [-0.15, -0.1) is 0 Å². The molecule has 0 aromatic carbocycles. The van der Waals surface area contributed by atoms with Crippen molar-refractivity contribution in [2.75, 3.05) is 33.3 Å². The van der Waals surface area contributed by atoms with Crippen LogP contribution < -0.4 is 5.32 Å². The van der Waals surface area contributed by atoms with Gasteiger partial charge in [-0.25, -0.2) is 0 Å². The molecule has 2 unspecified atom stereocenters. The highest BCUT2D eigenvalue weighted by molar-refractivity contribution is 4.75. The van der Waals surface area contributed by atoms with Gasteiger partial charge in [0, 0.05) is 12.6 Å². The predicted molar refractivity (Wildman–Crippen MR) is 63.9 cm³/mol. The molecule has 1 rings (SSSR count). The van der Waals surface area contributed by atoms with Crippen LogP contribution >= 0.6 is 0 Å². The SMILES string of the molecule is CC(C)C(CO)NCCC1CCN(C)C1. The number of rotatable bonds is 6. The lowest BCUT2D eigenvalue weighted by atomic mass is 10.0. The Kier molecular flexibility index (Phi) is 5.58. The maximum atomic E-state index is 9.16. The van der Waals surface area contributed by atoms with Gasteiger partial charge in [0.2, 0.25) is 0 Å². The summed E-state index contributed by atoms with van der Waals surface area (Å²) in [5.41, 5.74) is 0. The van der Waals surface area contributed by atoms with Crippen molar-refractivity contribution in [1.82, 2.24) is 10.2 Å².